The van der Waals surface area contributed by atoms with Crippen LogP contribution < -0.4 is 4.72 Å². The summed E-state index contributed by atoms with van der Waals surface area (Å²) >= 11 is 1.11. The van der Waals surface area contributed by atoms with E-state index in [-0.39, 0.29) is 4.21 Å². The minimum atomic E-state index is -4.01. The predicted octanol–water partition coefficient (Wildman–Crippen LogP) is 4.74. The summed E-state index contributed by atoms with van der Waals surface area (Å²) in [7, 11) is -4.01. The molecule has 2 aromatic carbocycles. The molecule has 0 radical (unpaired) electrons. The smallest absolute Gasteiger partial charge is 0.322 e. The van der Waals surface area contributed by atoms with E-state index in [0.717, 1.165) is 43.8 Å². The van der Waals surface area contributed by atoms with Gasteiger partial charge >= 0.3 is 5.97 Å². The molecule has 3 N–H and O–H groups in total. The number of aryl methyl sites for hydroxylation is 1. The molecule has 0 spiro atoms. The van der Waals surface area contributed by atoms with Gasteiger partial charge in [-0.05, 0) is 36.2 Å². The molecule has 8 heteroatoms. The van der Waals surface area contributed by atoms with Crippen molar-refractivity contribution in [3.8, 4) is 10.4 Å². The van der Waals surface area contributed by atoms with Crippen LogP contribution in [0.15, 0.2) is 71.1 Å². The lowest BCUT2D eigenvalue weighted by atomic mass is 9.93. The summed E-state index contributed by atoms with van der Waals surface area (Å²) in [6.45, 7) is 3.70. The minimum Gasteiger partial charge on any atom is -0.480 e. The number of hydrogen-bond donors (Lipinski definition) is 3. The van der Waals surface area contributed by atoms with Gasteiger partial charge in [-0.15, -0.1) is 11.3 Å². The molecule has 0 fully saturated rings. The molecular formula is C23H22N2O4S2. The van der Waals surface area contributed by atoms with Gasteiger partial charge in [0, 0.05) is 27.9 Å². The molecule has 0 saturated carbocycles. The molecule has 2 atom stereocenters. The van der Waals surface area contributed by atoms with Crippen molar-refractivity contribution in [2.75, 3.05) is 0 Å². The zero-order valence-electron chi connectivity index (χ0n) is 17.0. The summed E-state index contributed by atoms with van der Waals surface area (Å²) in [6.07, 6.45) is 1.74. The summed E-state index contributed by atoms with van der Waals surface area (Å²) in [5.41, 5.74) is 3.65. The number of aromatic nitrogens is 1. The van der Waals surface area contributed by atoms with Crippen molar-refractivity contribution in [2.24, 2.45) is 0 Å². The van der Waals surface area contributed by atoms with Gasteiger partial charge in [0.05, 0.1) is 0 Å². The Morgan fingerprint density at radius 2 is 1.77 bits per heavy atom. The number of aliphatic carboxylic acids is 1. The maximum absolute atomic E-state index is 13.0. The van der Waals surface area contributed by atoms with Crippen molar-refractivity contribution in [3.63, 3.8) is 0 Å². The van der Waals surface area contributed by atoms with E-state index in [9.17, 15) is 18.3 Å². The molecule has 0 saturated heterocycles. The Balaban J connectivity index is 1.62. The van der Waals surface area contributed by atoms with Gasteiger partial charge in [-0.2, -0.15) is 4.72 Å². The van der Waals surface area contributed by atoms with E-state index in [4.69, 9.17) is 0 Å². The highest BCUT2D eigenvalue weighted by Gasteiger charge is 2.33. The minimum absolute atomic E-state index is 0.0838. The van der Waals surface area contributed by atoms with E-state index >= 15 is 0 Å². The second kappa shape index (κ2) is 8.30. The van der Waals surface area contributed by atoms with Gasteiger partial charge in [0.25, 0.3) is 10.0 Å². The van der Waals surface area contributed by atoms with Crippen LogP contribution in [-0.4, -0.2) is 30.5 Å². The van der Waals surface area contributed by atoms with Crippen molar-refractivity contribution < 1.29 is 18.3 Å². The van der Waals surface area contributed by atoms with Gasteiger partial charge in [-0.3, -0.25) is 4.79 Å². The number of sulfonamides is 1. The highest BCUT2D eigenvalue weighted by atomic mass is 32.2. The molecule has 0 aliphatic carbocycles. The van der Waals surface area contributed by atoms with Gasteiger partial charge < -0.3 is 10.1 Å². The summed E-state index contributed by atoms with van der Waals surface area (Å²) in [5, 5.41) is 10.7. The Kier molecular flexibility index (Phi) is 5.70. The van der Waals surface area contributed by atoms with E-state index in [1.807, 2.05) is 55.5 Å². The van der Waals surface area contributed by atoms with Crippen molar-refractivity contribution in [3.05, 3.63) is 78.0 Å². The van der Waals surface area contributed by atoms with Gasteiger partial charge in [-0.25, -0.2) is 8.42 Å². The first kappa shape index (κ1) is 21.3. The molecule has 2 heterocycles. The van der Waals surface area contributed by atoms with Gasteiger partial charge in [0.1, 0.15) is 10.3 Å². The van der Waals surface area contributed by atoms with Crippen molar-refractivity contribution in [1.29, 1.82) is 0 Å². The quantitative estimate of drug-likeness (QED) is 0.376. The van der Waals surface area contributed by atoms with E-state index in [2.05, 4.69) is 9.71 Å². The molecular weight excluding hydrogens is 432 g/mol. The predicted molar refractivity (Wildman–Crippen MR) is 123 cm³/mol. The van der Waals surface area contributed by atoms with Gasteiger partial charge in [-0.1, -0.05) is 55.0 Å². The van der Waals surface area contributed by atoms with E-state index in [1.54, 1.807) is 19.2 Å². The third kappa shape index (κ3) is 4.27. The maximum Gasteiger partial charge on any atom is 0.322 e. The number of hydrogen-bond acceptors (Lipinski definition) is 4. The molecule has 0 bridgehead atoms. The summed E-state index contributed by atoms with van der Waals surface area (Å²) < 4.78 is 28.5. The number of para-hydroxylation sites is 1. The molecule has 0 unspecified atom stereocenters. The molecule has 31 heavy (non-hydrogen) atoms. The first-order chi connectivity index (χ1) is 14.8. The van der Waals surface area contributed by atoms with E-state index < -0.39 is 28.0 Å². The first-order valence-corrected chi connectivity index (χ1v) is 12.0. The molecule has 0 aliphatic heterocycles. The van der Waals surface area contributed by atoms with Crippen LogP contribution in [0.2, 0.25) is 0 Å². The normalized spacial score (nSPS) is 13.9. The Morgan fingerprint density at radius 1 is 1.06 bits per heavy atom. The number of H-pyrrole nitrogens is 1. The highest BCUT2D eigenvalue weighted by molar-refractivity contribution is 7.91. The zero-order valence-corrected chi connectivity index (χ0v) is 18.6. The zero-order chi connectivity index (χ0) is 22.2. The van der Waals surface area contributed by atoms with Crippen LogP contribution in [0.4, 0.5) is 0 Å². The number of nitrogens with one attached hydrogen (secondary N) is 2. The fourth-order valence-corrected chi connectivity index (χ4v) is 6.18. The topological polar surface area (TPSA) is 99.3 Å². The lowest BCUT2D eigenvalue weighted by Gasteiger charge is -2.21. The standard InChI is InChI=1S/C23H22N2O4S2/c1-14-7-9-16(10-8-14)20-11-12-21(30-20)31(28,29)25-22(23(26)27)15(2)18-13-24-19-6-4-3-5-17(18)19/h3-13,15,22,24-25H,1-2H3,(H,26,27)/t15-,22+/m0/s1. The molecule has 0 aliphatic rings. The Hall–Kier alpha value is -2.94. The average Bonchev–Trinajstić information content (AvgIpc) is 3.40. The molecule has 4 rings (SSSR count). The first-order valence-electron chi connectivity index (χ1n) is 9.74. The van der Waals surface area contributed by atoms with Gasteiger partial charge in [0.2, 0.25) is 0 Å². The lowest BCUT2D eigenvalue weighted by molar-refractivity contribution is -0.139. The summed E-state index contributed by atoms with van der Waals surface area (Å²) in [6, 6.07) is 17.3. The van der Waals surface area contributed by atoms with Crippen molar-refractivity contribution >= 4 is 38.2 Å². The molecule has 160 valence electrons. The molecule has 6 nitrogen and oxygen atoms in total. The van der Waals surface area contributed by atoms with Crippen molar-refractivity contribution in [2.45, 2.75) is 30.0 Å². The monoisotopic (exact) mass is 454 g/mol. The third-order valence-electron chi connectivity index (χ3n) is 5.34. The molecule has 2 aromatic heterocycles. The van der Waals surface area contributed by atoms with Crippen LogP contribution in [0.3, 0.4) is 0 Å². The SMILES string of the molecule is Cc1ccc(-c2ccc(S(=O)(=O)N[C@@H](C(=O)O)[C@@H](C)c3c[nH]c4ccccc34)s2)cc1. The number of carboxylic acids is 1. The van der Waals surface area contributed by atoms with Crippen LogP contribution in [0.25, 0.3) is 21.3 Å². The Bertz CT molecular complexity index is 1340. The van der Waals surface area contributed by atoms with Crippen LogP contribution in [0.1, 0.15) is 24.0 Å². The highest BCUT2D eigenvalue weighted by Crippen LogP contribution is 2.32. The van der Waals surface area contributed by atoms with Crippen molar-refractivity contribution in [1.82, 2.24) is 9.71 Å². The number of carboxylic acid groups (broad SMARTS) is 1. The number of aromatic amines is 1. The lowest BCUT2D eigenvalue weighted by Crippen LogP contribution is -2.43. The van der Waals surface area contributed by atoms with Crippen LogP contribution in [-0.2, 0) is 14.8 Å². The van der Waals surface area contributed by atoms with Crippen LogP contribution in [0.5, 0.6) is 0 Å². The second-order valence-electron chi connectivity index (χ2n) is 7.50. The number of rotatable bonds is 7. The maximum atomic E-state index is 13.0. The average molecular weight is 455 g/mol. The van der Waals surface area contributed by atoms with E-state index in [0.29, 0.717) is 0 Å². The Morgan fingerprint density at radius 3 is 2.48 bits per heavy atom. The van der Waals surface area contributed by atoms with E-state index in [1.165, 1.54) is 6.07 Å². The third-order valence-corrected chi connectivity index (χ3v) is 8.41. The largest absolute Gasteiger partial charge is 0.480 e. The second-order valence-corrected chi connectivity index (χ2v) is 10.5. The number of fused-ring (bicyclic) bond motifs is 1. The van der Waals surface area contributed by atoms with Crippen LogP contribution in [0, 0.1) is 6.92 Å². The number of carbonyl (C=O) groups is 1. The fourth-order valence-electron chi connectivity index (χ4n) is 3.58. The Labute approximate surface area is 184 Å². The molecule has 4 aromatic rings. The number of benzene rings is 2. The fraction of sp³-hybridized carbons (Fsp3) is 0.174. The summed E-state index contributed by atoms with van der Waals surface area (Å²) in [5.74, 6) is -1.81. The van der Waals surface area contributed by atoms with Crippen LogP contribution >= 0.6 is 11.3 Å². The van der Waals surface area contributed by atoms with Gasteiger partial charge in [0.15, 0.2) is 0 Å². The molecule has 0 amide bonds. The number of thiophene rings is 1. The summed E-state index contributed by atoms with van der Waals surface area (Å²) in [4.78, 5) is 15.9.